The molecule has 0 atom stereocenters. The molecule has 1 fully saturated rings. The summed E-state index contributed by atoms with van der Waals surface area (Å²) in [4.78, 5) is 6.97. The lowest BCUT2D eigenvalue weighted by Crippen LogP contribution is -2.35. The third kappa shape index (κ3) is 4.39. The minimum absolute atomic E-state index is 0.934. The SMILES string of the molecule is CNCCC1CCN(CCc2ccccn2)CC1. The lowest BCUT2D eigenvalue weighted by Gasteiger charge is -2.31. The van der Waals surface area contributed by atoms with Gasteiger partial charge in [0.2, 0.25) is 0 Å². The molecule has 1 aromatic rings. The van der Waals surface area contributed by atoms with Gasteiger partial charge in [-0.15, -0.1) is 0 Å². The van der Waals surface area contributed by atoms with E-state index in [-0.39, 0.29) is 0 Å². The molecule has 3 nitrogen and oxygen atoms in total. The van der Waals surface area contributed by atoms with Gasteiger partial charge in [0, 0.05) is 24.9 Å². The van der Waals surface area contributed by atoms with Gasteiger partial charge >= 0.3 is 0 Å². The molecule has 0 saturated carbocycles. The zero-order valence-corrected chi connectivity index (χ0v) is 11.4. The molecule has 1 N–H and O–H groups in total. The van der Waals surface area contributed by atoms with Gasteiger partial charge in [-0.05, 0) is 64.0 Å². The topological polar surface area (TPSA) is 28.2 Å². The number of nitrogens with zero attached hydrogens (tertiary/aromatic N) is 2. The summed E-state index contributed by atoms with van der Waals surface area (Å²) >= 11 is 0. The number of piperidine rings is 1. The van der Waals surface area contributed by atoms with Crippen LogP contribution in [-0.2, 0) is 6.42 Å². The van der Waals surface area contributed by atoms with E-state index >= 15 is 0 Å². The Kier molecular flexibility index (Phi) is 5.62. The number of hydrogen-bond donors (Lipinski definition) is 1. The molecule has 0 unspecified atom stereocenters. The van der Waals surface area contributed by atoms with Crippen LogP contribution in [0.3, 0.4) is 0 Å². The van der Waals surface area contributed by atoms with Crippen molar-refractivity contribution in [1.82, 2.24) is 15.2 Å². The number of rotatable bonds is 6. The van der Waals surface area contributed by atoms with Crippen LogP contribution in [0.15, 0.2) is 24.4 Å². The van der Waals surface area contributed by atoms with Crippen molar-refractivity contribution in [3.63, 3.8) is 0 Å². The van der Waals surface area contributed by atoms with Gasteiger partial charge in [0.05, 0.1) is 0 Å². The van der Waals surface area contributed by atoms with E-state index in [1.807, 2.05) is 19.3 Å². The first-order chi connectivity index (χ1) is 8.88. The van der Waals surface area contributed by atoms with Crippen LogP contribution in [0.1, 0.15) is 25.0 Å². The van der Waals surface area contributed by atoms with E-state index in [1.54, 1.807) is 0 Å². The van der Waals surface area contributed by atoms with Crippen molar-refractivity contribution < 1.29 is 0 Å². The number of nitrogens with one attached hydrogen (secondary N) is 1. The standard InChI is InChI=1S/C15H25N3/c1-16-10-5-14-6-11-18(12-7-14)13-8-15-4-2-3-9-17-15/h2-4,9,14,16H,5-8,10-13H2,1H3. The molecule has 0 bridgehead atoms. The number of likely N-dealkylation sites (tertiary alicyclic amines) is 1. The Morgan fingerprint density at radius 3 is 2.83 bits per heavy atom. The first-order valence-corrected chi connectivity index (χ1v) is 7.15. The first kappa shape index (κ1) is 13.5. The van der Waals surface area contributed by atoms with Crippen molar-refractivity contribution in [3.05, 3.63) is 30.1 Å². The highest BCUT2D eigenvalue weighted by molar-refractivity contribution is 5.03. The molecule has 0 spiro atoms. The number of pyridine rings is 1. The Balaban J connectivity index is 1.65. The fourth-order valence-electron chi connectivity index (χ4n) is 2.67. The summed E-state index contributed by atoms with van der Waals surface area (Å²) in [6.45, 7) is 4.86. The fourth-order valence-corrected chi connectivity index (χ4v) is 2.67. The van der Waals surface area contributed by atoms with Crippen LogP contribution in [0.25, 0.3) is 0 Å². The van der Waals surface area contributed by atoms with Crippen LogP contribution in [0, 0.1) is 5.92 Å². The van der Waals surface area contributed by atoms with Gasteiger partial charge in [-0.2, -0.15) is 0 Å². The normalized spacial score (nSPS) is 18.1. The molecular formula is C15H25N3. The molecular weight excluding hydrogens is 222 g/mol. The van der Waals surface area contributed by atoms with Gasteiger partial charge in [0.25, 0.3) is 0 Å². The zero-order valence-electron chi connectivity index (χ0n) is 11.4. The second-order valence-corrected chi connectivity index (χ2v) is 5.25. The molecule has 1 aliphatic rings. The molecule has 100 valence electrons. The zero-order chi connectivity index (χ0) is 12.6. The Labute approximate surface area is 111 Å². The monoisotopic (exact) mass is 247 g/mol. The van der Waals surface area contributed by atoms with E-state index in [0.29, 0.717) is 0 Å². The highest BCUT2D eigenvalue weighted by atomic mass is 15.1. The molecule has 2 heterocycles. The fraction of sp³-hybridized carbons (Fsp3) is 0.667. The molecule has 1 aliphatic heterocycles. The summed E-state index contributed by atoms with van der Waals surface area (Å²) in [6, 6.07) is 6.18. The molecule has 0 aromatic carbocycles. The molecule has 3 heteroatoms. The van der Waals surface area contributed by atoms with E-state index in [0.717, 1.165) is 18.9 Å². The lowest BCUT2D eigenvalue weighted by molar-refractivity contribution is 0.180. The van der Waals surface area contributed by atoms with E-state index in [1.165, 1.54) is 44.6 Å². The summed E-state index contributed by atoms with van der Waals surface area (Å²) < 4.78 is 0. The average molecular weight is 247 g/mol. The summed E-state index contributed by atoms with van der Waals surface area (Å²) in [5, 5.41) is 3.25. The summed E-state index contributed by atoms with van der Waals surface area (Å²) in [6.07, 6.45) is 7.04. The van der Waals surface area contributed by atoms with Crippen molar-refractivity contribution >= 4 is 0 Å². The third-order valence-electron chi connectivity index (χ3n) is 3.92. The third-order valence-corrected chi connectivity index (χ3v) is 3.92. The average Bonchev–Trinajstić information content (AvgIpc) is 2.45. The summed E-state index contributed by atoms with van der Waals surface area (Å²) in [5.41, 5.74) is 1.22. The highest BCUT2D eigenvalue weighted by Gasteiger charge is 2.18. The first-order valence-electron chi connectivity index (χ1n) is 7.15. The lowest BCUT2D eigenvalue weighted by atomic mass is 9.93. The van der Waals surface area contributed by atoms with E-state index < -0.39 is 0 Å². The van der Waals surface area contributed by atoms with Gasteiger partial charge in [0.1, 0.15) is 0 Å². The van der Waals surface area contributed by atoms with Crippen LogP contribution in [0.2, 0.25) is 0 Å². The molecule has 1 aromatic heterocycles. The maximum atomic E-state index is 4.38. The quantitative estimate of drug-likeness (QED) is 0.833. The van der Waals surface area contributed by atoms with Crippen molar-refractivity contribution in [3.8, 4) is 0 Å². The molecule has 0 radical (unpaired) electrons. The second kappa shape index (κ2) is 7.49. The summed E-state index contributed by atoms with van der Waals surface area (Å²) in [7, 11) is 2.04. The van der Waals surface area contributed by atoms with E-state index in [4.69, 9.17) is 0 Å². The van der Waals surface area contributed by atoms with Crippen molar-refractivity contribution in [1.29, 1.82) is 0 Å². The van der Waals surface area contributed by atoms with Crippen molar-refractivity contribution in [2.75, 3.05) is 33.2 Å². The molecule has 18 heavy (non-hydrogen) atoms. The molecule has 2 rings (SSSR count). The maximum absolute atomic E-state index is 4.38. The van der Waals surface area contributed by atoms with Gasteiger partial charge in [-0.1, -0.05) is 6.07 Å². The van der Waals surface area contributed by atoms with Crippen LogP contribution >= 0.6 is 0 Å². The van der Waals surface area contributed by atoms with Crippen molar-refractivity contribution in [2.45, 2.75) is 25.7 Å². The molecule has 0 amide bonds. The van der Waals surface area contributed by atoms with Gasteiger partial charge < -0.3 is 10.2 Å². The van der Waals surface area contributed by atoms with Crippen molar-refractivity contribution in [2.24, 2.45) is 5.92 Å². The van der Waals surface area contributed by atoms with Crippen LogP contribution in [0.4, 0.5) is 0 Å². The predicted octanol–water partition coefficient (Wildman–Crippen LogP) is 1.95. The van der Waals surface area contributed by atoms with Gasteiger partial charge in [0.15, 0.2) is 0 Å². The largest absolute Gasteiger partial charge is 0.320 e. The Hall–Kier alpha value is -0.930. The van der Waals surface area contributed by atoms with Gasteiger partial charge in [-0.25, -0.2) is 0 Å². The smallest absolute Gasteiger partial charge is 0.0416 e. The number of hydrogen-bond acceptors (Lipinski definition) is 3. The van der Waals surface area contributed by atoms with Crippen LogP contribution in [-0.4, -0.2) is 43.1 Å². The molecule has 0 aliphatic carbocycles. The summed E-state index contributed by atoms with van der Waals surface area (Å²) in [5.74, 6) is 0.934. The molecule has 1 saturated heterocycles. The number of aromatic nitrogens is 1. The Morgan fingerprint density at radius 2 is 2.17 bits per heavy atom. The van der Waals surface area contributed by atoms with Crippen LogP contribution in [0.5, 0.6) is 0 Å². The Bertz CT molecular complexity index is 318. The van der Waals surface area contributed by atoms with E-state index in [2.05, 4.69) is 27.3 Å². The highest BCUT2D eigenvalue weighted by Crippen LogP contribution is 2.19. The van der Waals surface area contributed by atoms with Gasteiger partial charge in [-0.3, -0.25) is 4.98 Å². The van der Waals surface area contributed by atoms with E-state index in [9.17, 15) is 0 Å². The minimum Gasteiger partial charge on any atom is -0.320 e. The Morgan fingerprint density at radius 1 is 1.33 bits per heavy atom. The van der Waals surface area contributed by atoms with Crippen LogP contribution < -0.4 is 5.32 Å². The second-order valence-electron chi connectivity index (χ2n) is 5.25. The maximum Gasteiger partial charge on any atom is 0.0416 e. The predicted molar refractivity (Wildman–Crippen MR) is 75.6 cm³/mol. The minimum atomic E-state index is 0.934.